The van der Waals surface area contributed by atoms with E-state index in [1.165, 1.54) is 0 Å². The quantitative estimate of drug-likeness (QED) is 0.784. The molecule has 2 aromatic rings. The van der Waals surface area contributed by atoms with E-state index >= 15 is 0 Å². The van der Waals surface area contributed by atoms with Crippen molar-refractivity contribution in [1.82, 2.24) is 9.80 Å². The van der Waals surface area contributed by atoms with Crippen LogP contribution in [0, 0.1) is 6.92 Å². The lowest BCUT2D eigenvalue weighted by Crippen LogP contribution is -2.61. The molecular formula is C24H28ClN3O3. The summed E-state index contributed by atoms with van der Waals surface area (Å²) in [7, 11) is 5.12. The van der Waals surface area contributed by atoms with Crippen molar-refractivity contribution in [3.05, 3.63) is 58.1 Å². The van der Waals surface area contributed by atoms with Crippen LogP contribution < -0.4 is 10.1 Å². The number of amides is 2. The number of anilines is 1. The third kappa shape index (κ3) is 3.38. The normalized spacial score (nSPS) is 23.3. The molecule has 0 spiro atoms. The molecule has 2 amide bonds. The summed E-state index contributed by atoms with van der Waals surface area (Å²) in [5.74, 6) is 0.413. The molecule has 1 saturated heterocycles. The molecule has 2 aliphatic heterocycles. The first-order valence-electron chi connectivity index (χ1n) is 10.5. The molecule has 31 heavy (non-hydrogen) atoms. The monoisotopic (exact) mass is 441 g/mol. The van der Waals surface area contributed by atoms with Crippen LogP contribution >= 0.6 is 11.6 Å². The van der Waals surface area contributed by atoms with E-state index in [-0.39, 0.29) is 11.8 Å². The molecule has 2 heterocycles. The van der Waals surface area contributed by atoms with Gasteiger partial charge in [-0.3, -0.25) is 14.5 Å². The maximum absolute atomic E-state index is 13.9. The molecule has 4 rings (SSSR count). The molecule has 1 N–H and O–H groups in total. The first-order chi connectivity index (χ1) is 14.8. The Labute approximate surface area is 188 Å². The second-order valence-electron chi connectivity index (χ2n) is 8.50. The maximum Gasteiger partial charge on any atom is 0.254 e. The lowest BCUT2D eigenvalue weighted by molar-refractivity contribution is -0.142. The third-order valence-electron chi connectivity index (χ3n) is 6.35. The Morgan fingerprint density at radius 3 is 2.68 bits per heavy atom. The zero-order chi connectivity index (χ0) is 22.3. The Morgan fingerprint density at radius 2 is 1.97 bits per heavy atom. The number of halogens is 1. The smallest absolute Gasteiger partial charge is 0.254 e. The van der Waals surface area contributed by atoms with Gasteiger partial charge in [-0.25, -0.2) is 0 Å². The number of methoxy groups -OCH3 is 1. The predicted octanol–water partition coefficient (Wildman–Crippen LogP) is 3.80. The molecule has 0 aromatic heterocycles. The fourth-order valence-corrected chi connectivity index (χ4v) is 5.13. The first-order valence-corrected chi connectivity index (χ1v) is 10.9. The van der Waals surface area contributed by atoms with Crippen LogP contribution in [0.4, 0.5) is 5.69 Å². The number of hydrogen-bond acceptors (Lipinski definition) is 4. The fraction of sp³-hybridized carbons (Fsp3) is 0.417. The number of fused-ring (bicyclic) bond motifs is 1. The van der Waals surface area contributed by atoms with Crippen LogP contribution in [0.1, 0.15) is 36.0 Å². The highest BCUT2D eigenvalue weighted by Crippen LogP contribution is 2.51. The summed E-state index contributed by atoms with van der Waals surface area (Å²) < 4.78 is 5.73. The summed E-state index contributed by atoms with van der Waals surface area (Å²) in [5, 5.41) is 3.59. The number of piperidine rings is 1. The number of carbonyl (C=O) groups excluding carboxylic acids is 2. The van der Waals surface area contributed by atoms with E-state index < -0.39 is 11.6 Å². The lowest BCUT2D eigenvalue weighted by atomic mass is 9.78. The molecule has 164 valence electrons. The number of ether oxygens (including phenoxy) is 1. The first kappa shape index (κ1) is 21.7. The Morgan fingerprint density at radius 1 is 1.19 bits per heavy atom. The van der Waals surface area contributed by atoms with Gasteiger partial charge in [0.25, 0.3) is 5.91 Å². The number of benzene rings is 2. The molecule has 0 bridgehead atoms. The lowest BCUT2D eigenvalue weighted by Gasteiger charge is -2.47. The molecule has 2 aromatic carbocycles. The largest absolute Gasteiger partial charge is 0.496 e. The minimum absolute atomic E-state index is 0.00558. The van der Waals surface area contributed by atoms with Gasteiger partial charge in [-0.2, -0.15) is 0 Å². The molecular weight excluding hydrogens is 414 g/mol. The van der Waals surface area contributed by atoms with Gasteiger partial charge in [-0.05, 0) is 50.1 Å². The van der Waals surface area contributed by atoms with Gasteiger partial charge in [0.2, 0.25) is 5.91 Å². The second-order valence-corrected chi connectivity index (χ2v) is 8.93. The molecule has 1 unspecified atom stereocenters. The minimum atomic E-state index is -1.21. The van der Waals surface area contributed by atoms with Crippen LogP contribution in [0.2, 0.25) is 5.02 Å². The van der Waals surface area contributed by atoms with E-state index in [1.807, 2.05) is 37.3 Å². The molecule has 0 saturated carbocycles. The average molecular weight is 442 g/mol. The van der Waals surface area contributed by atoms with E-state index in [9.17, 15) is 9.59 Å². The minimum Gasteiger partial charge on any atom is -0.496 e. The van der Waals surface area contributed by atoms with Crippen molar-refractivity contribution < 1.29 is 14.3 Å². The highest BCUT2D eigenvalue weighted by molar-refractivity contribution is 6.31. The van der Waals surface area contributed by atoms with Gasteiger partial charge in [0.1, 0.15) is 5.75 Å². The maximum atomic E-state index is 13.9. The summed E-state index contributed by atoms with van der Waals surface area (Å²) in [4.78, 5) is 30.8. The van der Waals surface area contributed by atoms with Crippen molar-refractivity contribution in [2.24, 2.45) is 0 Å². The van der Waals surface area contributed by atoms with Crippen LogP contribution in [0.15, 0.2) is 36.4 Å². The van der Waals surface area contributed by atoms with E-state index in [1.54, 1.807) is 32.2 Å². The number of carbonyl (C=O) groups is 2. The van der Waals surface area contributed by atoms with E-state index in [4.69, 9.17) is 16.3 Å². The summed E-state index contributed by atoms with van der Waals surface area (Å²) in [6.45, 7) is 2.60. The van der Waals surface area contributed by atoms with Crippen LogP contribution in [0.25, 0.3) is 0 Å². The number of rotatable bonds is 4. The number of aryl methyl sites for hydroxylation is 1. The van der Waals surface area contributed by atoms with Gasteiger partial charge in [-0.15, -0.1) is 0 Å². The van der Waals surface area contributed by atoms with Crippen molar-refractivity contribution in [3.8, 4) is 5.75 Å². The fourth-order valence-electron chi connectivity index (χ4n) is 4.96. The van der Waals surface area contributed by atoms with Crippen LogP contribution in [0.3, 0.4) is 0 Å². The number of likely N-dealkylation sites (N-methyl/N-ethyl adjacent to an activating group) is 1. The summed E-state index contributed by atoms with van der Waals surface area (Å²) in [5.41, 5.74) is 1.99. The van der Waals surface area contributed by atoms with Gasteiger partial charge in [0.05, 0.1) is 13.2 Å². The third-order valence-corrected chi connectivity index (χ3v) is 6.59. The van der Waals surface area contributed by atoms with Gasteiger partial charge in [-0.1, -0.05) is 29.7 Å². The van der Waals surface area contributed by atoms with Crippen molar-refractivity contribution in [2.75, 3.05) is 33.1 Å². The Bertz CT molecular complexity index is 1040. The van der Waals surface area contributed by atoms with Gasteiger partial charge < -0.3 is 15.0 Å². The van der Waals surface area contributed by atoms with E-state index in [0.29, 0.717) is 29.4 Å². The van der Waals surface area contributed by atoms with Crippen LogP contribution in [0.5, 0.6) is 5.75 Å². The molecule has 2 atom stereocenters. The van der Waals surface area contributed by atoms with Crippen molar-refractivity contribution >= 4 is 29.1 Å². The van der Waals surface area contributed by atoms with Gasteiger partial charge >= 0.3 is 0 Å². The van der Waals surface area contributed by atoms with Crippen LogP contribution in [-0.2, 0) is 15.1 Å². The zero-order valence-corrected chi connectivity index (χ0v) is 19.1. The average Bonchev–Trinajstić information content (AvgIpc) is 3.04. The van der Waals surface area contributed by atoms with E-state index in [2.05, 4.69) is 10.2 Å². The topological polar surface area (TPSA) is 61.9 Å². The molecule has 2 aliphatic rings. The number of likely N-dealkylation sites (tertiary alicyclic amines) is 1. The highest BCUT2D eigenvalue weighted by atomic mass is 35.5. The molecule has 0 aliphatic carbocycles. The van der Waals surface area contributed by atoms with Gasteiger partial charge in [0, 0.05) is 42.5 Å². The second kappa shape index (κ2) is 8.17. The SMILES string of the molecule is COc1ccc(C)cc1C1(N2CCCC[C@H]2C(=O)N(C)C)C(=O)Nc2ccc(Cl)cc21. The zero-order valence-electron chi connectivity index (χ0n) is 18.4. The summed E-state index contributed by atoms with van der Waals surface area (Å²) >= 11 is 6.42. The number of nitrogens with one attached hydrogen (secondary N) is 1. The summed E-state index contributed by atoms with van der Waals surface area (Å²) in [6.07, 6.45) is 2.53. The van der Waals surface area contributed by atoms with Crippen molar-refractivity contribution in [2.45, 2.75) is 37.8 Å². The standard InChI is InChI=1S/C24H28ClN3O3/c1-15-8-11-21(31-4)18(13-15)24(17-14-16(25)9-10-19(17)26-23(24)30)28-12-6-5-7-20(28)22(29)27(2)3/h8-11,13-14,20H,5-7,12H2,1-4H3,(H,26,30)/t20-,24?/m0/s1. The Balaban J connectivity index is 2.05. The van der Waals surface area contributed by atoms with Crippen LogP contribution in [-0.4, -0.2) is 55.4 Å². The molecule has 7 heteroatoms. The van der Waals surface area contributed by atoms with Gasteiger partial charge in [0.15, 0.2) is 5.54 Å². The highest BCUT2D eigenvalue weighted by Gasteiger charge is 2.57. The Kier molecular flexibility index (Phi) is 5.71. The van der Waals surface area contributed by atoms with Crippen molar-refractivity contribution in [3.63, 3.8) is 0 Å². The molecule has 1 fully saturated rings. The number of nitrogens with zero attached hydrogens (tertiary/aromatic N) is 2. The molecule has 6 nitrogen and oxygen atoms in total. The molecule has 0 radical (unpaired) electrons. The number of hydrogen-bond donors (Lipinski definition) is 1. The predicted molar refractivity (Wildman–Crippen MR) is 122 cm³/mol. The van der Waals surface area contributed by atoms with E-state index in [0.717, 1.165) is 29.5 Å². The summed E-state index contributed by atoms with van der Waals surface area (Å²) in [6, 6.07) is 10.8. The van der Waals surface area contributed by atoms with Crippen molar-refractivity contribution in [1.29, 1.82) is 0 Å². The Hall–Kier alpha value is -2.57.